The maximum atomic E-state index is 13.7. The molecule has 3 rings (SSSR count). The summed E-state index contributed by atoms with van der Waals surface area (Å²) in [7, 11) is 1.66. The van der Waals surface area contributed by atoms with Crippen molar-refractivity contribution in [1.29, 1.82) is 0 Å². The Balaban J connectivity index is 0.00000385. The van der Waals surface area contributed by atoms with Crippen LogP contribution in [0.15, 0.2) is 24.3 Å². The minimum Gasteiger partial charge on any atom is -0.494 e. The molecule has 0 aliphatic carbocycles. The van der Waals surface area contributed by atoms with Gasteiger partial charge in [0.25, 0.3) is 0 Å². The maximum absolute atomic E-state index is 13.7. The number of anilines is 1. The summed E-state index contributed by atoms with van der Waals surface area (Å²) < 4.78 is 6.61. The van der Waals surface area contributed by atoms with E-state index in [9.17, 15) is 4.79 Å². The average molecular weight is 490 g/mol. The number of aromatic nitrogens is 1. The SMILES string of the molecule is CCN(CC)CCN(C(=O)Cc1c(C)cc(C)cc1C)c1nc2c(OC)ccc(C)c2s1.Cl. The van der Waals surface area contributed by atoms with Gasteiger partial charge in [-0.3, -0.25) is 9.69 Å². The molecule has 0 radical (unpaired) electrons. The third kappa shape index (κ3) is 6.05. The summed E-state index contributed by atoms with van der Waals surface area (Å²) in [5.74, 6) is 0.831. The van der Waals surface area contributed by atoms with Crippen LogP contribution < -0.4 is 9.64 Å². The molecule has 33 heavy (non-hydrogen) atoms. The molecule has 0 N–H and O–H groups in total. The number of halogens is 1. The zero-order valence-electron chi connectivity index (χ0n) is 20.8. The van der Waals surface area contributed by atoms with Crippen LogP contribution in [0.4, 0.5) is 5.13 Å². The number of hydrogen-bond donors (Lipinski definition) is 0. The van der Waals surface area contributed by atoms with Crippen molar-refractivity contribution in [2.75, 3.05) is 38.2 Å². The summed E-state index contributed by atoms with van der Waals surface area (Å²) >= 11 is 1.57. The number of rotatable bonds is 9. The van der Waals surface area contributed by atoms with Gasteiger partial charge in [0.2, 0.25) is 5.91 Å². The van der Waals surface area contributed by atoms with Crippen LogP contribution in [0.1, 0.15) is 41.7 Å². The van der Waals surface area contributed by atoms with Crippen LogP contribution >= 0.6 is 23.7 Å². The van der Waals surface area contributed by atoms with Crippen LogP contribution in [-0.4, -0.2) is 49.1 Å². The predicted octanol–water partition coefficient (Wildman–Crippen LogP) is 5.88. The number of methoxy groups -OCH3 is 1. The minimum atomic E-state index is 0. The number of fused-ring (bicyclic) bond motifs is 1. The van der Waals surface area contributed by atoms with E-state index in [0.717, 1.165) is 51.9 Å². The molecule has 0 spiro atoms. The van der Waals surface area contributed by atoms with Crippen molar-refractivity contribution in [1.82, 2.24) is 9.88 Å². The molecule has 3 aromatic rings. The molecule has 180 valence electrons. The second-order valence-corrected chi connectivity index (χ2v) is 9.36. The van der Waals surface area contributed by atoms with Gasteiger partial charge in [-0.15, -0.1) is 12.4 Å². The molecule has 0 saturated heterocycles. The largest absolute Gasteiger partial charge is 0.494 e. The Kier molecular flexibility index (Phi) is 9.70. The Hall–Kier alpha value is -2.15. The van der Waals surface area contributed by atoms with E-state index in [1.165, 1.54) is 16.7 Å². The van der Waals surface area contributed by atoms with E-state index >= 15 is 0 Å². The lowest BCUT2D eigenvalue weighted by Crippen LogP contribution is -2.39. The smallest absolute Gasteiger partial charge is 0.233 e. The molecule has 0 aliphatic heterocycles. The molecular formula is C26H36ClN3O2S. The Morgan fingerprint density at radius 2 is 1.64 bits per heavy atom. The van der Waals surface area contributed by atoms with Crippen LogP contribution in [0.2, 0.25) is 0 Å². The Labute approximate surface area is 208 Å². The number of nitrogens with zero attached hydrogens (tertiary/aromatic N) is 3. The van der Waals surface area contributed by atoms with E-state index in [2.05, 4.69) is 58.6 Å². The first-order valence-electron chi connectivity index (χ1n) is 11.3. The first-order valence-corrected chi connectivity index (χ1v) is 12.1. The van der Waals surface area contributed by atoms with E-state index < -0.39 is 0 Å². The molecule has 1 aromatic heterocycles. The molecule has 0 unspecified atom stereocenters. The molecule has 0 atom stereocenters. The van der Waals surface area contributed by atoms with Gasteiger partial charge in [0.05, 0.1) is 18.2 Å². The Morgan fingerprint density at radius 3 is 2.21 bits per heavy atom. The number of carbonyl (C=O) groups excluding carboxylic acids is 1. The van der Waals surface area contributed by atoms with Gasteiger partial charge in [-0.1, -0.05) is 48.9 Å². The van der Waals surface area contributed by atoms with E-state index in [1.54, 1.807) is 18.4 Å². The normalized spacial score (nSPS) is 11.0. The topological polar surface area (TPSA) is 45.7 Å². The fourth-order valence-electron chi connectivity index (χ4n) is 4.22. The highest BCUT2D eigenvalue weighted by atomic mass is 35.5. The van der Waals surface area contributed by atoms with Gasteiger partial charge in [-0.2, -0.15) is 0 Å². The van der Waals surface area contributed by atoms with Gasteiger partial charge < -0.3 is 9.64 Å². The summed E-state index contributed by atoms with van der Waals surface area (Å²) in [6, 6.07) is 8.30. The summed E-state index contributed by atoms with van der Waals surface area (Å²) in [6.45, 7) is 16.0. The average Bonchev–Trinajstić information content (AvgIpc) is 3.20. The fraction of sp³-hybridized carbons (Fsp3) is 0.462. The van der Waals surface area contributed by atoms with Crippen LogP contribution in [0.5, 0.6) is 5.75 Å². The predicted molar refractivity (Wildman–Crippen MR) is 143 cm³/mol. The maximum Gasteiger partial charge on any atom is 0.233 e. The van der Waals surface area contributed by atoms with E-state index in [1.807, 2.05) is 17.0 Å². The van der Waals surface area contributed by atoms with Crippen LogP contribution in [0.3, 0.4) is 0 Å². The third-order valence-corrected chi connectivity index (χ3v) is 7.36. The van der Waals surface area contributed by atoms with Gasteiger partial charge >= 0.3 is 0 Å². The van der Waals surface area contributed by atoms with Crippen molar-refractivity contribution in [3.63, 3.8) is 0 Å². The van der Waals surface area contributed by atoms with Crippen molar-refractivity contribution < 1.29 is 9.53 Å². The molecule has 5 nitrogen and oxygen atoms in total. The first-order chi connectivity index (χ1) is 15.3. The molecule has 2 aromatic carbocycles. The zero-order valence-corrected chi connectivity index (χ0v) is 22.5. The monoisotopic (exact) mass is 489 g/mol. The molecule has 0 saturated carbocycles. The zero-order chi connectivity index (χ0) is 23.4. The van der Waals surface area contributed by atoms with Crippen LogP contribution in [-0.2, 0) is 11.2 Å². The van der Waals surface area contributed by atoms with Gasteiger partial charge in [0.1, 0.15) is 11.3 Å². The van der Waals surface area contributed by atoms with Gasteiger partial charge in [-0.05, 0) is 69.1 Å². The highest BCUT2D eigenvalue weighted by molar-refractivity contribution is 7.22. The lowest BCUT2D eigenvalue weighted by molar-refractivity contribution is -0.118. The number of ether oxygens (including phenoxy) is 1. The van der Waals surface area contributed by atoms with E-state index in [4.69, 9.17) is 9.72 Å². The first kappa shape index (κ1) is 27.1. The van der Waals surface area contributed by atoms with Crippen LogP contribution in [0, 0.1) is 27.7 Å². The van der Waals surface area contributed by atoms with E-state index in [-0.39, 0.29) is 18.3 Å². The number of amides is 1. The van der Waals surface area contributed by atoms with Gasteiger partial charge in [0, 0.05) is 13.1 Å². The highest BCUT2D eigenvalue weighted by Crippen LogP contribution is 2.36. The Morgan fingerprint density at radius 1 is 1.00 bits per heavy atom. The third-order valence-electron chi connectivity index (χ3n) is 6.15. The van der Waals surface area contributed by atoms with Crippen LogP contribution in [0.25, 0.3) is 10.2 Å². The number of thiazole rings is 1. The van der Waals surface area contributed by atoms with Crippen molar-refractivity contribution in [3.05, 3.63) is 52.1 Å². The van der Waals surface area contributed by atoms with Crippen molar-refractivity contribution in [3.8, 4) is 5.75 Å². The number of carbonyl (C=O) groups is 1. The standard InChI is InChI=1S/C26H35N3O2S.ClH/c1-8-28(9-2)12-13-29(23(30)16-21-19(5)14-17(3)15-20(21)6)26-27-24-22(31-7)11-10-18(4)25(24)32-26;/h10-11,14-15H,8-9,12-13,16H2,1-7H3;1H. The number of benzene rings is 2. The van der Waals surface area contributed by atoms with E-state index in [0.29, 0.717) is 13.0 Å². The summed E-state index contributed by atoms with van der Waals surface area (Å²) in [4.78, 5) is 22.7. The second kappa shape index (κ2) is 11.8. The van der Waals surface area contributed by atoms with Crippen molar-refractivity contribution >= 4 is 45.0 Å². The highest BCUT2D eigenvalue weighted by Gasteiger charge is 2.23. The number of hydrogen-bond acceptors (Lipinski definition) is 5. The molecule has 7 heteroatoms. The molecule has 1 heterocycles. The molecule has 0 bridgehead atoms. The lowest BCUT2D eigenvalue weighted by atomic mass is 9.97. The molecular weight excluding hydrogens is 454 g/mol. The summed E-state index contributed by atoms with van der Waals surface area (Å²) in [5.41, 5.74) is 6.65. The summed E-state index contributed by atoms with van der Waals surface area (Å²) in [5, 5.41) is 0.743. The second-order valence-electron chi connectivity index (χ2n) is 8.39. The molecule has 1 amide bonds. The van der Waals surface area contributed by atoms with Crippen molar-refractivity contribution in [2.45, 2.75) is 48.0 Å². The Bertz CT molecular complexity index is 1090. The molecule has 0 fully saturated rings. The number of likely N-dealkylation sites (N-methyl/N-ethyl adjacent to an activating group) is 1. The van der Waals surface area contributed by atoms with Gasteiger partial charge in [0.15, 0.2) is 5.13 Å². The van der Waals surface area contributed by atoms with Crippen molar-refractivity contribution in [2.24, 2.45) is 0 Å². The quantitative estimate of drug-likeness (QED) is 0.376. The molecule has 0 aliphatic rings. The number of aryl methyl sites for hydroxylation is 4. The fourth-order valence-corrected chi connectivity index (χ4v) is 5.32. The summed E-state index contributed by atoms with van der Waals surface area (Å²) in [6.07, 6.45) is 0.377. The lowest BCUT2D eigenvalue weighted by Gasteiger charge is -2.25. The van der Waals surface area contributed by atoms with Gasteiger partial charge in [-0.25, -0.2) is 4.98 Å². The minimum absolute atomic E-state index is 0.